The molecule has 0 amide bonds. The van der Waals surface area contributed by atoms with E-state index < -0.39 is 0 Å². The number of fused-ring (bicyclic) bond motifs is 1. The summed E-state index contributed by atoms with van der Waals surface area (Å²) in [5.41, 5.74) is 4.98. The number of nitrogens with one attached hydrogen (secondary N) is 1. The number of benzene rings is 1. The summed E-state index contributed by atoms with van der Waals surface area (Å²) in [7, 11) is 0. The van der Waals surface area contributed by atoms with Crippen molar-refractivity contribution in [3.05, 3.63) is 34.9 Å². The molecule has 1 heteroatoms. The number of hydrogen-bond donors (Lipinski definition) is 1. The maximum absolute atomic E-state index is 3.78. The highest BCUT2D eigenvalue weighted by Gasteiger charge is 2.29. The van der Waals surface area contributed by atoms with Crippen molar-refractivity contribution in [2.45, 2.75) is 72.3 Å². The molecule has 0 fully saturated rings. The molecule has 20 heavy (non-hydrogen) atoms. The Balaban J connectivity index is 2.28. The van der Waals surface area contributed by atoms with E-state index in [0.29, 0.717) is 11.5 Å². The summed E-state index contributed by atoms with van der Waals surface area (Å²) in [4.78, 5) is 0. The van der Waals surface area contributed by atoms with Gasteiger partial charge < -0.3 is 5.32 Å². The van der Waals surface area contributed by atoms with Gasteiger partial charge >= 0.3 is 0 Å². The van der Waals surface area contributed by atoms with Crippen LogP contribution >= 0.6 is 0 Å². The monoisotopic (exact) mass is 273 g/mol. The summed E-state index contributed by atoms with van der Waals surface area (Å²) in [6.45, 7) is 10.4. The Labute approximate surface area is 125 Å². The van der Waals surface area contributed by atoms with Crippen molar-refractivity contribution in [3.8, 4) is 0 Å². The molecule has 0 spiro atoms. The topological polar surface area (TPSA) is 12.0 Å². The fraction of sp³-hybridized carbons (Fsp3) is 0.684. The average molecular weight is 273 g/mol. The van der Waals surface area contributed by atoms with Gasteiger partial charge in [0.05, 0.1) is 0 Å². The zero-order valence-electron chi connectivity index (χ0n) is 13.8. The van der Waals surface area contributed by atoms with Gasteiger partial charge in [-0.1, -0.05) is 45.9 Å². The minimum Gasteiger partial charge on any atom is -0.309 e. The fourth-order valence-electron chi connectivity index (χ4n) is 3.27. The van der Waals surface area contributed by atoms with Crippen LogP contribution in [0.15, 0.2) is 18.2 Å². The van der Waals surface area contributed by atoms with Gasteiger partial charge in [0.15, 0.2) is 0 Å². The second-order valence-electron chi connectivity index (χ2n) is 6.96. The van der Waals surface area contributed by atoms with Gasteiger partial charge in [-0.3, -0.25) is 0 Å². The van der Waals surface area contributed by atoms with Crippen LogP contribution in [0.25, 0.3) is 0 Å². The van der Waals surface area contributed by atoms with E-state index in [9.17, 15) is 0 Å². The first kappa shape index (κ1) is 15.6. The molecule has 1 atom stereocenters. The Bertz CT molecular complexity index is 433. The predicted octanol–water partition coefficient (Wildman–Crippen LogP) is 5.04. The van der Waals surface area contributed by atoms with Gasteiger partial charge in [-0.05, 0) is 67.2 Å². The SMILES string of the molecule is CCCNC(c1ccc2c(c1)CCCC2)C(C)(C)CC. The lowest BCUT2D eigenvalue weighted by molar-refractivity contribution is 0.234. The average Bonchev–Trinajstić information content (AvgIpc) is 2.47. The van der Waals surface area contributed by atoms with Crippen molar-refractivity contribution in [2.24, 2.45) is 5.41 Å². The molecule has 0 radical (unpaired) electrons. The second kappa shape index (κ2) is 6.76. The normalized spacial score (nSPS) is 16.8. The highest BCUT2D eigenvalue weighted by molar-refractivity contribution is 5.35. The second-order valence-corrected chi connectivity index (χ2v) is 6.96. The van der Waals surface area contributed by atoms with Crippen LogP contribution in [0, 0.1) is 5.41 Å². The van der Waals surface area contributed by atoms with Gasteiger partial charge in [0.1, 0.15) is 0 Å². The smallest absolute Gasteiger partial charge is 0.0371 e. The van der Waals surface area contributed by atoms with Gasteiger partial charge in [0.2, 0.25) is 0 Å². The molecule has 1 aromatic carbocycles. The van der Waals surface area contributed by atoms with Crippen molar-refractivity contribution in [1.29, 1.82) is 0 Å². The standard InChI is InChI=1S/C19H31N/c1-5-13-20-18(19(3,4)6-2)17-12-11-15-9-7-8-10-16(15)14-17/h11-12,14,18,20H,5-10,13H2,1-4H3. The summed E-state index contributed by atoms with van der Waals surface area (Å²) in [5, 5.41) is 3.78. The molecule has 0 bridgehead atoms. The van der Waals surface area contributed by atoms with E-state index in [-0.39, 0.29) is 0 Å². The highest BCUT2D eigenvalue weighted by atomic mass is 14.9. The van der Waals surface area contributed by atoms with Crippen LogP contribution < -0.4 is 5.32 Å². The molecule has 0 aromatic heterocycles. The molecular formula is C19H31N. The third-order valence-electron chi connectivity index (χ3n) is 5.00. The zero-order valence-corrected chi connectivity index (χ0v) is 13.8. The maximum atomic E-state index is 3.78. The molecule has 1 unspecified atom stereocenters. The summed E-state index contributed by atoms with van der Waals surface area (Å²) < 4.78 is 0. The van der Waals surface area contributed by atoms with E-state index in [4.69, 9.17) is 0 Å². The molecule has 1 aliphatic rings. The third kappa shape index (κ3) is 3.44. The fourth-order valence-corrected chi connectivity index (χ4v) is 3.27. The molecule has 1 nitrogen and oxygen atoms in total. The number of aryl methyl sites for hydroxylation is 2. The van der Waals surface area contributed by atoms with E-state index in [1.54, 1.807) is 11.1 Å². The zero-order chi connectivity index (χ0) is 14.6. The lowest BCUT2D eigenvalue weighted by atomic mass is 9.77. The Hall–Kier alpha value is -0.820. The van der Waals surface area contributed by atoms with Crippen LogP contribution in [0.3, 0.4) is 0 Å². The number of rotatable bonds is 6. The van der Waals surface area contributed by atoms with Crippen molar-refractivity contribution >= 4 is 0 Å². The summed E-state index contributed by atoms with van der Waals surface area (Å²) in [6, 6.07) is 7.71. The minimum atomic E-state index is 0.304. The van der Waals surface area contributed by atoms with Gasteiger partial charge in [0, 0.05) is 6.04 Å². The van der Waals surface area contributed by atoms with Crippen LogP contribution in [0.2, 0.25) is 0 Å². The van der Waals surface area contributed by atoms with Gasteiger partial charge in [-0.25, -0.2) is 0 Å². The first-order chi connectivity index (χ1) is 9.58. The molecule has 112 valence electrons. The van der Waals surface area contributed by atoms with Gasteiger partial charge in [0.25, 0.3) is 0 Å². The molecule has 2 rings (SSSR count). The lowest BCUT2D eigenvalue weighted by Gasteiger charge is -2.35. The summed E-state index contributed by atoms with van der Waals surface area (Å²) in [5.74, 6) is 0. The van der Waals surface area contributed by atoms with Crippen molar-refractivity contribution in [3.63, 3.8) is 0 Å². The van der Waals surface area contributed by atoms with E-state index in [0.717, 1.165) is 6.54 Å². The first-order valence-corrected chi connectivity index (χ1v) is 8.43. The largest absolute Gasteiger partial charge is 0.309 e. The molecule has 0 heterocycles. The van der Waals surface area contributed by atoms with Crippen molar-refractivity contribution < 1.29 is 0 Å². The Morgan fingerprint density at radius 1 is 1.10 bits per heavy atom. The highest BCUT2D eigenvalue weighted by Crippen LogP contribution is 2.37. The van der Waals surface area contributed by atoms with Crippen LogP contribution in [0.1, 0.15) is 76.1 Å². The molecule has 0 aliphatic heterocycles. The van der Waals surface area contributed by atoms with Crippen molar-refractivity contribution in [1.82, 2.24) is 5.32 Å². The summed E-state index contributed by atoms with van der Waals surface area (Å²) >= 11 is 0. The van der Waals surface area contributed by atoms with E-state index >= 15 is 0 Å². The van der Waals surface area contributed by atoms with E-state index in [2.05, 4.69) is 51.2 Å². The Morgan fingerprint density at radius 2 is 1.80 bits per heavy atom. The molecule has 0 saturated carbocycles. The number of hydrogen-bond acceptors (Lipinski definition) is 1. The first-order valence-electron chi connectivity index (χ1n) is 8.43. The van der Waals surface area contributed by atoms with E-state index in [1.807, 2.05) is 0 Å². The third-order valence-corrected chi connectivity index (χ3v) is 5.00. The van der Waals surface area contributed by atoms with Gasteiger partial charge in [-0.15, -0.1) is 0 Å². The van der Waals surface area contributed by atoms with Crippen LogP contribution in [-0.2, 0) is 12.8 Å². The van der Waals surface area contributed by atoms with Crippen LogP contribution in [-0.4, -0.2) is 6.54 Å². The lowest BCUT2D eigenvalue weighted by Crippen LogP contribution is -2.34. The van der Waals surface area contributed by atoms with Crippen LogP contribution in [0.4, 0.5) is 0 Å². The molecule has 0 saturated heterocycles. The van der Waals surface area contributed by atoms with Gasteiger partial charge in [-0.2, -0.15) is 0 Å². The quantitative estimate of drug-likeness (QED) is 0.765. The molecular weight excluding hydrogens is 242 g/mol. The van der Waals surface area contributed by atoms with Crippen molar-refractivity contribution in [2.75, 3.05) is 6.54 Å². The summed E-state index contributed by atoms with van der Waals surface area (Å²) in [6.07, 6.45) is 7.67. The van der Waals surface area contributed by atoms with Crippen LogP contribution in [0.5, 0.6) is 0 Å². The minimum absolute atomic E-state index is 0.304. The Morgan fingerprint density at radius 3 is 2.45 bits per heavy atom. The molecule has 1 N–H and O–H groups in total. The van der Waals surface area contributed by atoms with E-state index in [1.165, 1.54) is 44.1 Å². The predicted molar refractivity (Wildman–Crippen MR) is 88.2 cm³/mol. The molecule has 1 aromatic rings. The Kier molecular flexibility index (Phi) is 5.26. The molecule has 1 aliphatic carbocycles. The maximum Gasteiger partial charge on any atom is 0.0371 e.